The van der Waals surface area contributed by atoms with Crippen molar-refractivity contribution < 1.29 is 9.64 Å². The second-order valence-electron chi connectivity index (χ2n) is 7.58. The van der Waals surface area contributed by atoms with E-state index in [0.717, 1.165) is 28.8 Å². The molecule has 1 atom stereocenters. The molecule has 0 unspecified atom stereocenters. The third kappa shape index (κ3) is 4.89. The fraction of sp³-hybridized carbons (Fsp3) is 0.250. The van der Waals surface area contributed by atoms with Crippen LogP contribution in [-0.2, 0) is 5.75 Å². The summed E-state index contributed by atoms with van der Waals surface area (Å²) in [4.78, 5) is 2.65. The molecule has 1 heterocycles. The number of nitrogens with one attached hydrogen (secondary N) is 2. The van der Waals surface area contributed by atoms with E-state index in [-0.39, 0.29) is 6.04 Å². The van der Waals surface area contributed by atoms with Crippen LogP contribution in [-0.4, -0.2) is 27.2 Å². The quantitative estimate of drug-likeness (QED) is 0.600. The smallest absolute Gasteiger partial charge is 0.137 e. The van der Waals surface area contributed by atoms with Crippen molar-refractivity contribution >= 4 is 29.1 Å². The Morgan fingerprint density at radius 3 is 2.62 bits per heavy atom. The Balaban J connectivity index is 1.60. The van der Waals surface area contributed by atoms with Crippen molar-refractivity contribution in [2.24, 2.45) is 0 Å². The van der Waals surface area contributed by atoms with Crippen molar-refractivity contribution in [2.45, 2.75) is 16.7 Å². The Labute approximate surface area is 182 Å². The van der Waals surface area contributed by atoms with E-state index in [1.807, 2.05) is 30.0 Å². The number of rotatable bonds is 6. The maximum atomic E-state index is 6.36. The molecule has 0 amide bonds. The number of quaternary nitrogens is 1. The average molecular weight is 426 g/mol. The summed E-state index contributed by atoms with van der Waals surface area (Å²) < 4.78 is 5.84. The van der Waals surface area contributed by atoms with Gasteiger partial charge in [-0.25, -0.2) is 0 Å². The summed E-state index contributed by atoms with van der Waals surface area (Å²) in [5.74, 6) is 1.86. The van der Waals surface area contributed by atoms with Gasteiger partial charge in [-0.3, -0.25) is 0 Å². The minimum atomic E-state index is 0.0546. The van der Waals surface area contributed by atoms with E-state index in [2.05, 4.69) is 67.9 Å². The molecule has 0 fully saturated rings. The van der Waals surface area contributed by atoms with E-state index in [0.29, 0.717) is 6.61 Å². The largest absolute Gasteiger partial charge is 0.488 e. The molecular formula is C24H26ClN2OS+. The summed E-state index contributed by atoms with van der Waals surface area (Å²) in [5, 5.41) is 4.50. The molecule has 0 spiro atoms. The van der Waals surface area contributed by atoms with E-state index in [1.54, 1.807) is 0 Å². The van der Waals surface area contributed by atoms with Crippen LogP contribution in [0.3, 0.4) is 0 Å². The minimum Gasteiger partial charge on any atom is -0.488 e. The molecule has 0 saturated heterocycles. The van der Waals surface area contributed by atoms with Crippen molar-refractivity contribution in [1.29, 1.82) is 0 Å². The standard InChI is InChI=1S/C24H25ClN2OS/c1-27(2)13-14-28-20-10-8-19(9-11-20)26-24-21-6-4-3-5-17(21)16-29-23-12-7-18(25)15-22(23)24/h3-12,15,24,26H,13-14,16H2,1-2H3/p+1/t24-/m0/s1. The zero-order chi connectivity index (χ0) is 20.2. The minimum absolute atomic E-state index is 0.0546. The zero-order valence-corrected chi connectivity index (χ0v) is 18.3. The van der Waals surface area contributed by atoms with Gasteiger partial charge in [0.25, 0.3) is 0 Å². The van der Waals surface area contributed by atoms with E-state index in [9.17, 15) is 0 Å². The highest BCUT2D eigenvalue weighted by molar-refractivity contribution is 7.98. The van der Waals surface area contributed by atoms with Crippen molar-refractivity contribution in [3.63, 3.8) is 0 Å². The fourth-order valence-electron chi connectivity index (χ4n) is 3.49. The highest BCUT2D eigenvalue weighted by Gasteiger charge is 2.24. The normalized spacial score (nSPS) is 15.4. The van der Waals surface area contributed by atoms with E-state index in [4.69, 9.17) is 16.3 Å². The molecule has 0 radical (unpaired) electrons. The fourth-order valence-corrected chi connectivity index (χ4v) is 4.75. The molecule has 0 aromatic heterocycles. The van der Waals surface area contributed by atoms with Crippen molar-refractivity contribution in [1.82, 2.24) is 0 Å². The van der Waals surface area contributed by atoms with Crippen LogP contribution in [0.2, 0.25) is 5.02 Å². The number of hydrogen-bond donors (Lipinski definition) is 2. The molecule has 150 valence electrons. The summed E-state index contributed by atoms with van der Waals surface area (Å²) in [7, 11) is 4.26. The molecule has 0 bridgehead atoms. The number of fused-ring (bicyclic) bond motifs is 2. The molecule has 2 N–H and O–H groups in total. The van der Waals surface area contributed by atoms with Crippen LogP contribution < -0.4 is 15.0 Å². The second-order valence-corrected chi connectivity index (χ2v) is 9.03. The Kier molecular flexibility index (Phi) is 6.34. The van der Waals surface area contributed by atoms with Gasteiger partial charge < -0.3 is 15.0 Å². The topological polar surface area (TPSA) is 25.7 Å². The first-order chi connectivity index (χ1) is 14.1. The van der Waals surface area contributed by atoms with E-state index in [1.165, 1.54) is 26.5 Å². The van der Waals surface area contributed by atoms with Gasteiger partial charge in [-0.1, -0.05) is 35.9 Å². The number of hydrogen-bond acceptors (Lipinski definition) is 3. The predicted octanol–water partition coefficient (Wildman–Crippen LogP) is 4.67. The van der Waals surface area contributed by atoms with Crippen molar-refractivity contribution in [3.8, 4) is 5.75 Å². The number of halogens is 1. The van der Waals surface area contributed by atoms with Gasteiger partial charge in [0.15, 0.2) is 0 Å². The summed E-state index contributed by atoms with van der Waals surface area (Å²) in [6.45, 7) is 1.70. The van der Waals surface area contributed by atoms with Gasteiger partial charge in [-0.15, -0.1) is 11.8 Å². The number of thioether (sulfide) groups is 1. The highest BCUT2D eigenvalue weighted by atomic mass is 35.5. The molecule has 3 nitrogen and oxygen atoms in total. The summed E-state index contributed by atoms with van der Waals surface area (Å²) >= 11 is 8.23. The highest BCUT2D eigenvalue weighted by Crippen LogP contribution is 2.42. The summed E-state index contributed by atoms with van der Waals surface area (Å²) in [6, 6.07) is 23.1. The lowest BCUT2D eigenvalue weighted by atomic mass is 9.94. The monoisotopic (exact) mass is 425 g/mol. The third-order valence-corrected chi connectivity index (χ3v) is 6.44. The molecule has 1 aliphatic heterocycles. The Morgan fingerprint density at radius 2 is 1.83 bits per heavy atom. The van der Waals surface area contributed by atoms with Gasteiger partial charge in [0.2, 0.25) is 0 Å². The van der Waals surface area contributed by atoms with Crippen LogP contribution in [0.5, 0.6) is 5.75 Å². The van der Waals surface area contributed by atoms with Crippen LogP contribution in [0.4, 0.5) is 5.69 Å². The van der Waals surface area contributed by atoms with Gasteiger partial charge in [-0.2, -0.15) is 0 Å². The summed E-state index contributed by atoms with van der Waals surface area (Å²) in [5.41, 5.74) is 4.94. The second kappa shape index (κ2) is 9.12. The first-order valence-electron chi connectivity index (χ1n) is 9.88. The maximum absolute atomic E-state index is 6.36. The van der Waals surface area contributed by atoms with Crippen LogP contribution in [0, 0.1) is 0 Å². The van der Waals surface area contributed by atoms with Crippen molar-refractivity contribution in [2.75, 3.05) is 32.6 Å². The Morgan fingerprint density at radius 1 is 1.03 bits per heavy atom. The van der Waals surface area contributed by atoms with Gasteiger partial charge in [0.05, 0.1) is 20.1 Å². The number of likely N-dealkylation sites (N-methyl/N-ethyl adjacent to an activating group) is 1. The Hall–Kier alpha value is -2.14. The molecule has 0 saturated carbocycles. The molecule has 4 rings (SSSR count). The zero-order valence-electron chi connectivity index (χ0n) is 16.7. The van der Waals surface area contributed by atoms with E-state index < -0.39 is 0 Å². The number of anilines is 1. The lowest BCUT2D eigenvalue weighted by Crippen LogP contribution is -3.06. The first-order valence-corrected chi connectivity index (χ1v) is 11.2. The molecule has 3 aromatic rings. The first kappa shape index (κ1) is 20.1. The van der Waals surface area contributed by atoms with Crippen LogP contribution >= 0.6 is 23.4 Å². The van der Waals surface area contributed by atoms with E-state index >= 15 is 0 Å². The predicted molar refractivity (Wildman–Crippen MR) is 123 cm³/mol. The van der Waals surface area contributed by atoms with Crippen LogP contribution in [0.15, 0.2) is 71.6 Å². The lowest BCUT2D eigenvalue weighted by molar-refractivity contribution is -0.858. The van der Waals surface area contributed by atoms with Crippen LogP contribution in [0.1, 0.15) is 22.7 Å². The summed E-state index contributed by atoms with van der Waals surface area (Å²) in [6.07, 6.45) is 0. The van der Waals surface area contributed by atoms with Gasteiger partial charge >= 0.3 is 0 Å². The van der Waals surface area contributed by atoms with Crippen LogP contribution in [0.25, 0.3) is 0 Å². The molecule has 1 aliphatic rings. The number of benzene rings is 3. The van der Waals surface area contributed by atoms with Gasteiger partial charge in [-0.05, 0) is 59.2 Å². The number of ether oxygens (including phenoxy) is 1. The molecular weight excluding hydrogens is 400 g/mol. The maximum Gasteiger partial charge on any atom is 0.137 e. The Bertz CT molecular complexity index is 975. The third-order valence-electron chi connectivity index (χ3n) is 5.07. The van der Waals surface area contributed by atoms with Crippen molar-refractivity contribution in [3.05, 3.63) is 88.4 Å². The molecule has 29 heavy (non-hydrogen) atoms. The van der Waals surface area contributed by atoms with Gasteiger partial charge in [0, 0.05) is 21.4 Å². The van der Waals surface area contributed by atoms with Gasteiger partial charge in [0.1, 0.15) is 18.9 Å². The average Bonchev–Trinajstić information content (AvgIpc) is 2.86. The molecule has 5 heteroatoms. The molecule has 3 aromatic carbocycles. The molecule has 0 aliphatic carbocycles. The SMILES string of the molecule is C[NH+](C)CCOc1ccc(N[C@H]2c3ccccc3CSc3ccc(Cl)cc32)cc1. The lowest BCUT2D eigenvalue weighted by Gasteiger charge is -2.23.